The predicted octanol–water partition coefficient (Wildman–Crippen LogP) is -0.0923. The third-order valence-corrected chi connectivity index (χ3v) is 3.75. The molecule has 0 spiro atoms. The zero-order chi connectivity index (χ0) is 12.1. The van der Waals surface area contributed by atoms with E-state index in [1.807, 2.05) is 0 Å². The molecule has 17 heavy (non-hydrogen) atoms. The standard InChI is InChI=1S/C12H22N2O3/c1-16-12(4-6-17-9-12)8-14-11(15)10-3-2-5-13-7-10/h10,13H,2-9H2,1H3,(H,14,15)/t10-,12?/m0/s1. The summed E-state index contributed by atoms with van der Waals surface area (Å²) in [6.07, 6.45) is 2.92. The van der Waals surface area contributed by atoms with Crippen LogP contribution in [0.3, 0.4) is 0 Å². The van der Waals surface area contributed by atoms with E-state index in [0.29, 0.717) is 19.8 Å². The highest BCUT2D eigenvalue weighted by Crippen LogP contribution is 2.21. The first-order valence-electron chi connectivity index (χ1n) is 6.37. The van der Waals surface area contributed by atoms with E-state index < -0.39 is 0 Å². The summed E-state index contributed by atoms with van der Waals surface area (Å²) in [6, 6.07) is 0. The number of rotatable bonds is 4. The van der Waals surface area contributed by atoms with Gasteiger partial charge in [0.2, 0.25) is 5.91 Å². The molecule has 98 valence electrons. The zero-order valence-electron chi connectivity index (χ0n) is 10.5. The molecular formula is C12H22N2O3. The maximum atomic E-state index is 12.0. The molecule has 1 unspecified atom stereocenters. The van der Waals surface area contributed by atoms with Gasteiger partial charge in [-0.3, -0.25) is 4.79 Å². The molecule has 0 radical (unpaired) electrons. The van der Waals surface area contributed by atoms with Crippen molar-refractivity contribution in [2.75, 3.05) is 40.0 Å². The number of amides is 1. The molecule has 0 aliphatic carbocycles. The van der Waals surface area contributed by atoms with Gasteiger partial charge in [-0.25, -0.2) is 0 Å². The first kappa shape index (κ1) is 12.8. The molecule has 2 saturated heterocycles. The maximum Gasteiger partial charge on any atom is 0.224 e. The highest BCUT2D eigenvalue weighted by molar-refractivity contribution is 5.79. The molecule has 0 aromatic rings. The summed E-state index contributed by atoms with van der Waals surface area (Å²) in [5.74, 6) is 0.250. The average Bonchev–Trinajstić information content (AvgIpc) is 2.86. The van der Waals surface area contributed by atoms with E-state index in [1.165, 1.54) is 0 Å². The summed E-state index contributed by atoms with van der Waals surface area (Å²) in [7, 11) is 1.68. The number of ether oxygens (including phenoxy) is 2. The molecule has 2 aliphatic rings. The summed E-state index contributed by atoms with van der Waals surface area (Å²) in [5.41, 5.74) is -0.308. The number of hydrogen-bond acceptors (Lipinski definition) is 4. The summed E-state index contributed by atoms with van der Waals surface area (Å²) in [5, 5.41) is 6.25. The van der Waals surface area contributed by atoms with Gasteiger partial charge in [-0.1, -0.05) is 0 Å². The van der Waals surface area contributed by atoms with Gasteiger partial charge < -0.3 is 20.1 Å². The van der Waals surface area contributed by atoms with Crippen molar-refractivity contribution < 1.29 is 14.3 Å². The smallest absolute Gasteiger partial charge is 0.224 e. The Morgan fingerprint density at radius 3 is 3.12 bits per heavy atom. The average molecular weight is 242 g/mol. The molecule has 2 heterocycles. The number of carbonyl (C=O) groups is 1. The Kier molecular flexibility index (Phi) is 4.36. The molecule has 0 aromatic carbocycles. The lowest BCUT2D eigenvalue weighted by molar-refractivity contribution is -0.127. The van der Waals surface area contributed by atoms with Crippen molar-refractivity contribution in [3.8, 4) is 0 Å². The highest BCUT2D eigenvalue weighted by atomic mass is 16.5. The number of methoxy groups -OCH3 is 1. The Morgan fingerprint density at radius 2 is 2.53 bits per heavy atom. The third kappa shape index (κ3) is 3.18. The minimum absolute atomic E-state index is 0.111. The van der Waals surface area contributed by atoms with Crippen LogP contribution >= 0.6 is 0 Å². The number of carbonyl (C=O) groups excluding carboxylic acids is 1. The van der Waals surface area contributed by atoms with Crippen molar-refractivity contribution in [3.05, 3.63) is 0 Å². The van der Waals surface area contributed by atoms with Crippen LogP contribution in [-0.2, 0) is 14.3 Å². The van der Waals surface area contributed by atoms with Crippen LogP contribution in [0.4, 0.5) is 0 Å². The molecule has 2 N–H and O–H groups in total. The molecule has 5 heteroatoms. The van der Waals surface area contributed by atoms with Crippen LogP contribution in [0.2, 0.25) is 0 Å². The normalized spacial score (nSPS) is 33.6. The minimum atomic E-state index is -0.308. The molecule has 1 amide bonds. The van der Waals surface area contributed by atoms with Crippen LogP contribution in [0.15, 0.2) is 0 Å². The van der Waals surface area contributed by atoms with E-state index in [2.05, 4.69) is 10.6 Å². The van der Waals surface area contributed by atoms with Gasteiger partial charge in [-0.15, -0.1) is 0 Å². The summed E-state index contributed by atoms with van der Waals surface area (Å²) >= 11 is 0. The molecule has 0 saturated carbocycles. The van der Waals surface area contributed by atoms with Crippen molar-refractivity contribution in [1.29, 1.82) is 0 Å². The van der Waals surface area contributed by atoms with Crippen molar-refractivity contribution in [2.24, 2.45) is 5.92 Å². The number of hydrogen-bond donors (Lipinski definition) is 2. The number of piperidine rings is 1. The third-order valence-electron chi connectivity index (χ3n) is 3.75. The quantitative estimate of drug-likeness (QED) is 0.723. The molecule has 2 aliphatic heterocycles. The first-order chi connectivity index (χ1) is 8.26. The fraction of sp³-hybridized carbons (Fsp3) is 0.917. The predicted molar refractivity (Wildman–Crippen MR) is 63.8 cm³/mol. The molecular weight excluding hydrogens is 220 g/mol. The Bertz CT molecular complexity index is 258. The molecule has 2 rings (SSSR count). The monoisotopic (exact) mass is 242 g/mol. The second-order valence-electron chi connectivity index (χ2n) is 4.95. The maximum absolute atomic E-state index is 12.0. The molecule has 5 nitrogen and oxygen atoms in total. The Morgan fingerprint density at radius 1 is 1.65 bits per heavy atom. The van der Waals surface area contributed by atoms with Gasteiger partial charge in [0.05, 0.1) is 12.5 Å². The Balaban J connectivity index is 1.78. The van der Waals surface area contributed by atoms with Gasteiger partial charge in [0.1, 0.15) is 5.60 Å². The van der Waals surface area contributed by atoms with Crippen molar-refractivity contribution >= 4 is 5.91 Å². The first-order valence-corrected chi connectivity index (χ1v) is 6.37. The summed E-state index contributed by atoms with van der Waals surface area (Å²) in [6.45, 7) is 3.67. The number of nitrogens with one attached hydrogen (secondary N) is 2. The van der Waals surface area contributed by atoms with E-state index in [9.17, 15) is 4.79 Å². The zero-order valence-corrected chi connectivity index (χ0v) is 10.5. The van der Waals surface area contributed by atoms with E-state index in [4.69, 9.17) is 9.47 Å². The second kappa shape index (κ2) is 5.80. The summed E-state index contributed by atoms with van der Waals surface area (Å²) < 4.78 is 10.8. The van der Waals surface area contributed by atoms with Gasteiger partial charge in [-0.2, -0.15) is 0 Å². The van der Waals surface area contributed by atoms with E-state index >= 15 is 0 Å². The van der Waals surface area contributed by atoms with Crippen LogP contribution in [0.5, 0.6) is 0 Å². The van der Waals surface area contributed by atoms with E-state index in [-0.39, 0.29) is 17.4 Å². The van der Waals surface area contributed by atoms with Crippen molar-refractivity contribution in [1.82, 2.24) is 10.6 Å². The van der Waals surface area contributed by atoms with Gasteiger partial charge in [-0.05, 0) is 19.4 Å². The lowest BCUT2D eigenvalue weighted by Gasteiger charge is -2.28. The van der Waals surface area contributed by atoms with Gasteiger partial charge in [0.25, 0.3) is 0 Å². The van der Waals surface area contributed by atoms with Crippen LogP contribution < -0.4 is 10.6 Å². The lowest BCUT2D eigenvalue weighted by Crippen LogP contribution is -2.48. The highest BCUT2D eigenvalue weighted by Gasteiger charge is 2.35. The molecule has 2 fully saturated rings. The van der Waals surface area contributed by atoms with E-state index in [0.717, 1.165) is 32.4 Å². The molecule has 0 bridgehead atoms. The second-order valence-corrected chi connectivity index (χ2v) is 4.95. The lowest BCUT2D eigenvalue weighted by atomic mass is 9.97. The SMILES string of the molecule is COC1(CNC(=O)[C@H]2CCCNC2)CCOC1. The Hall–Kier alpha value is -0.650. The van der Waals surface area contributed by atoms with Gasteiger partial charge >= 0.3 is 0 Å². The van der Waals surface area contributed by atoms with Gasteiger partial charge in [0, 0.05) is 33.2 Å². The van der Waals surface area contributed by atoms with Crippen molar-refractivity contribution in [3.63, 3.8) is 0 Å². The van der Waals surface area contributed by atoms with Gasteiger partial charge in [0.15, 0.2) is 0 Å². The molecule has 0 aromatic heterocycles. The fourth-order valence-electron chi connectivity index (χ4n) is 2.43. The fourth-order valence-corrected chi connectivity index (χ4v) is 2.43. The largest absolute Gasteiger partial charge is 0.378 e. The van der Waals surface area contributed by atoms with Crippen LogP contribution in [0, 0.1) is 5.92 Å². The van der Waals surface area contributed by atoms with Crippen molar-refractivity contribution in [2.45, 2.75) is 24.9 Å². The molecule has 2 atom stereocenters. The van der Waals surface area contributed by atoms with Crippen LogP contribution in [0.25, 0.3) is 0 Å². The van der Waals surface area contributed by atoms with Crippen LogP contribution in [-0.4, -0.2) is 51.5 Å². The topological polar surface area (TPSA) is 59.6 Å². The van der Waals surface area contributed by atoms with E-state index in [1.54, 1.807) is 7.11 Å². The minimum Gasteiger partial charge on any atom is -0.378 e. The Labute approximate surface area is 102 Å². The van der Waals surface area contributed by atoms with Crippen LogP contribution in [0.1, 0.15) is 19.3 Å². The summed E-state index contributed by atoms with van der Waals surface area (Å²) in [4.78, 5) is 12.0.